The molecule has 0 spiro atoms. The van der Waals surface area contributed by atoms with E-state index in [0.29, 0.717) is 49.2 Å². The molecule has 11 nitrogen and oxygen atoms in total. The van der Waals surface area contributed by atoms with E-state index in [1.165, 1.54) is 37.0 Å². The highest BCUT2D eigenvalue weighted by Crippen LogP contribution is 2.36. The minimum atomic E-state index is -0.840. The summed E-state index contributed by atoms with van der Waals surface area (Å²) in [6.45, 7) is 3.55. The maximum atomic E-state index is 13.9. The number of hydrogen-bond donors (Lipinski definition) is 0. The van der Waals surface area contributed by atoms with Crippen LogP contribution in [0.2, 0.25) is 5.02 Å². The molecule has 13 heteroatoms. The third-order valence-corrected chi connectivity index (χ3v) is 7.87. The summed E-state index contributed by atoms with van der Waals surface area (Å²) in [7, 11) is 3.02. The van der Waals surface area contributed by atoms with Crippen LogP contribution >= 0.6 is 22.9 Å². The maximum absolute atomic E-state index is 13.9. The lowest BCUT2D eigenvalue weighted by Crippen LogP contribution is -2.39. The number of nitro benzene ring substituents is 1. The van der Waals surface area contributed by atoms with Gasteiger partial charge in [-0.3, -0.25) is 19.5 Å². The van der Waals surface area contributed by atoms with Crippen molar-refractivity contribution in [2.24, 2.45) is 4.99 Å². The third kappa shape index (κ3) is 5.21. The predicted molar refractivity (Wildman–Crippen MR) is 156 cm³/mol. The average molecular weight is 610 g/mol. The summed E-state index contributed by atoms with van der Waals surface area (Å²) in [5.74, 6) is 1.08. The SMILES string of the molecule is CCOC(=O)C1=C(C)N=c2s/c(=C/c3ccc(-c4ccc([N+](=O)[O-])cc4Cl)o3)c(=O)n2[C@@H]1c1ccc(OC)c(OC)c1. The second-order valence-corrected chi connectivity index (χ2v) is 10.5. The zero-order chi connectivity index (χ0) is 30.1. The molecule has 2 aromatic heterocycles. The summed E-state index contributed by atoms with van der Waals surface area (Å²) >= 11 is 7.41. The molecule has 1 atom stereocenters. The number of carbonyl (C=O) groups excluding carboxylic acids is 1. The lowest BCUT2D eigenvalue weighted by molar-refractivity contribution is -0.384. The number of non-ortho nitro benzene ring substituents is 1. The molecule has 0 bridgehead atoms. The van der Waals surface area contributed by atoms with Gasteiger partial charge < -0.3 is 18.6 Å². The first-order valence-corrected chi connectivity index (χ1v) is 13.8. The van der Waals surface area contributed by atoms with E-state index >= 15 is 0 Å². The first kappa shape index (κ1) is 28.8. The van der Waals surface area contributed by atoms with E-state index in [9.17, 15) is 19.7 Å². The van der Waals surface area contributed by atoms with Crippen LogP contribution in [0.25, 0.3) is 17.4 Å². The predicted octanol–water partition coefficient (Wildman–Crippen LogP) is 4.64. The van der Waals surface area contributed by atoms with E-state index in [1.807, 2.05) is 0 Å². The minimum absolute atomic E-state index is 0.141. The summed E-state index contributed by atoms with van der Waals surface area (Å²) in [5.41, 5.74) is 1.19. The Bertz CT molecular complexity index is 1940. The molecule has 0 N–H and O–H groups in total. The molecule has 2 aromatic carbocycles. The van der Waals surface area contributed by atoms with Gasteiger partial charge in [-0.15, -0.1) is 0 Å². The van der Waals surface area contributed by atoms with Crippen LogP contribution in [0.4, 0.5) is 5.69 Å². The van der Waals surface area contributed by atoms with Crippen LogP contribution < -0.4 is 24.4 Å². The van der Waals surface area contributed by atoms with Gasteiger partial charge in [0.25, 0.3) is 11.2 Å². The second kappa shape index (κ2) is 11.7. The van der Waals surface area contributed by atoms with E-state index in [4.69, 9.17) is 30.2 Å². The number of benzene rings is 2. The highest BCUT2D eigenvalue weighted by Gasteiger charge is 2.34. The quantitative estimate of drug-likeness (QED) is 0.160. The lowest BCUT2D eigenvalue weighted by Gasteiger charge is -2.25. The number of aromatic nitrogens is 1. The van der Waals surface area contributed by atoms with Crippen molar-refractivity contribution in [2.75, 3.05) is 20.8 Å². The number of thiazole rings is 1. The molecular formula is C29H24ClN3O8S. The molecule has 1 aliphatic rings. The Labute approximate surface area is 247 Å². The molecule has 5 rings (SSSR count). The average Bonchev–Trinajstić information content (AvgIpc) is 3.55. The van der Waals surface area contributed by atoms with Crippen molar-refractivity contribution in [3.05, 3.63) is 106 Å². The van der Waals surface area contributed by atoms with Crippen molar-refractivity contribution in [3.8, 4) is 22.8 Å². The fourth-order valence-corrected chi connectivity index (χ4v) is 5.95. The van der Waals surface area contributed by atoms with E-state index in [2.05, 4.69) is 4.99 Å². The fraction of sp³-hybridized carbons (Fsp3) is 0.207. The van der Waals surface area contributed by atoms with Crippen LogP contribution in [0.1, 0.15) is 31.2 Å². The van der Waals surface area contributed by atoms with Crippen LogP contribution in [0.5, 0.6) is 11.5 Å². The number of esters is 1. The summed E-state index contributed by atoms with van der Waals surface area (Å²) < 4.78 is 23.9. The van der Waals surface area contributed by atoms with Crippen molar-refractivity contribution in [2.45, 2.75) is 19.9 Å². The number of methoxy groups -OCH3 is 2. The Balaban J connectivity index is 1.63. The van der Waals surface area contributed by atoms with Crippen molar-refractivity contribution in [1.82, 2.24) is 4.57 Å². The maximum Gasteiger partial charge on any atom is 0.338 e. The summed E-state index contributed by atoms with van der Waals surface area (Å²) in [4.78, 5) is 42.5. The Morgan fingerprint density at radius 2 is 1.93 bits per heavy atom. The second-order valence-electron chi connectivity index (χ2n) is 9.04. The van der Waals surface area contributed by atoms with Crippen LogP contribution in [0.15, 0.2) is 74.0 Å². The van der Waals surface area contributed by atoms with E-state index in [0.717, 1.165) is 11.3 Å². The lowest BCUT2D eigenvalue weighted by atomic mass is 9.95. The summed E-state index contributed by atoms with van der Waals surface area (Å²) in [5, 5.41) is 11.2. The Morgan fingerprint density at radius 1 is 1.17 bits per heavy atom. The molecule has 0 saturated carbocycles. The number of rotatable bonds is 8. The molecule has 3 heterocycles. The van der Waals surface area contributed by atoms with Gasteiger partial charge in [0.2, 0.25) is 0 Å². The number of nitrogens with zero attached hydrogens (tertiary/aromatic N) is 3. The molecule has 216 valence electrons. The zero-order valence-electron chi connectivity index (χ0n) is 22.9. The number of hydrogen-bond acceptors (Lipinski definition) is 10. The highest BCUT2D eigenvalue weighted by atomic mass is 35.5. The van der Waals surface area contributed by atoms with Crippen LogP contribution in [-0.2, 0) is 9.53 Å². The van der Waals surface area contributed by atoms with Gasteiger partial charge in [0.15, 0.2) is 16.3 Å². The van der Waals surface area contributed by atoms with Gasteiger partial charge in [-0.05, 0) is 49.7 Å². The molecule has 42 heavy (non-hydrogen) atoms. The first-order chi connectivity index (χ1) is 20.2. The van der Waals surface area contributed by atoms with Crippen LogP contribution in [0, 0.1) is 10.1 Å². The monoisotopic (exact) mass is 609 g/mol. The van der Waals surface area contributed by atoms with Gasteiger partial charge in [0.05, 0.1) is 52.6 Å². The number of furan rings is 1. The molecular weight excluding hydrogens is 586 g/mol. The molecule has 1 aliphatic heterocycles. The first-order valence-electron chi connectivity index (χ1n) is 12.6. The van der Waals surface area contributed by atoms with Crippen molar-refractivity contribution >= 4 is 40.7 Å². The number of ether oxygens (including phenoxy) is 3. The normalized spacial score (nSPS) is 14.8. The number of halogens is 1. The zero-order valence-corrected chi connectivity index (χ0v) is 24.4. The minimum Gasteiger partial charge on any atom is -0.493 e. The van der Waals surface area contributed by atoms with Gasteiger partial charge >= 0.3 is 5.97 Å². The Kier molecular flexibility index (Phi) is 8.01. The highest BCUT2D eigenvalue weighted by molar-refractivity contribution is 7.07. The summed E-state index contributed by atoms with van der Waals surface area (Å²) in [6.07, 6.45) is 1.57. The smallest absolute Gasteiger partial charge is 0.338 e. The number of fused-ring (bicyclic) bond motifs is 1. The number of allylic oxidation sites excluding steroid dienone is 1. The van der Waals surface area contributed by atoms with Gasteiger partial charge in [-0.25, -0.2) is 9.79 Å². The standard InChI is InChI=1S/C29H24ClN3O8S/c1-5-40-28(35)25-15(2)31-29-32(26(25)16-6-10-22(38-3)23(12-16)39-4)27(34)24(42-29)14-18-8-11-21(41-18)19-9-7-17(33(36)37)13-20(19)30/h6-14,26H,5H2,1-4H3/b24-14+/t26-/m1/s1. The van der Waals surface area contributed by atoms with Crippen LogP contribution in [-0.4, -0.2) is 36.3 Å². The van der Waals surface area contributed by atoms with Crippen molar-refractivity contribution < 1.29 is 28.3 Å². The molecule has 4 aromatic rings. The van der Waals surface area contributed by atoms with Gasteiger partial charge in [-0.1, -0.05) is 29.0 Å². The van der Waals surface area contributed by atoms with Gasteiger partial charge in [0, 0.05) is 23.8 Å². The van der Waals surface area contributed by atoms with Crippen LogP contribution in [0.3, 0.4) is 0 Å². The summed E-state index contributed by atoms with van der Waals surface area (Å²) in [6, 6.07) is 11.7. The van der Waals surface area contributed by atoms with Crippen molar-refractivity contribution in [1.29, 1.82) is 0 Å². The van der Waals surface area contributed by atoms with E-state index in [-0.39, 0.29) is 28.4 Å². The fourth-order valence-electron chi connectivity index (χ4n) is 4.65. The molecule has 0 saturated heterocycles. The Morgan fingerprint density at radius 3 is 2.60 bits per heavy atom. The van der Waals surface area contributed by atoms with Crippen molar-refractivity contribution in [3.63, 3.8) is 0 Å². The third-order valence-electron chi connectivity index (χ3n) is 6.57. The molecule has 0 fully saturated rings. The van der Waals surface area contributed by atoms with Gasteiger partial charge in [-0.2, -0.15) is 0 Å². The van der Waals surface area contributed by atoms with Gasteiger partial charge in [0.1, 0.15) is 11.5 Å². The molecule has 0 unspecified atom stereocenters. The largest absolute Gasteiger partial charge is 0.493 e. The Hall–Kier alpha value is -4.68. The topological polar surface area (TPSA) is 135 Å². The molecule has 0 radical (unpaired) electrons. The number of nitro groups is 1. The molecule has 0 amide bonds. The van der Waals surface area contributed by atoms with E-state index < -0.39 is 16.9 Å². The van der Waals surface area contributed by atoms with E-state index in [1.54, 1.807) is 50.3 Å². The molecule has 0 aliphatic carbocycles. The number of carbonyl (C=O) groups is 1.